The zero-order chi connectivity index (χ0) is 17.8. The lowest BCUT2D eigenvalue weighted by atomic mass is 10.1. The van der Waals surface area contributed by atoms with Crippen LogP contribution in [0, 0.1) is 0 Å². The fourth-order valence-corrected chi connectivity index (χ4v) is 1.31. The van der Waals surface area contributed by atoms with E-state index in [0.29, 0.717) is 0 Å². The summed E-state index contributed by atoms with van der Waals surface area (Å²) in [6.07, 6.45) is -1.20. The number of carbonyl (C=O) groups excluding carboxylic acids is 2. The lowest BCUT2D eigenvalue weighted by Crippen LogP contribution is -2.51. The summed E-state index contributed by atoms with van der Waals surface area (Å²) in [6, 6.07) is 0. The standard InChI is InChI=1S/C15H30N2O5/c1-13(2,3)21-11(18)16-17(10-9-15(7,8)20)12(19)22-14(4,5)6/h20H,9-10H2,1-8H3,(H,16,18). The summed E-state index contributed by atoms with van der Waals surface area (Å²) in [7, 11) is 0. The minimum Gasteiger partial charge on any atom is -0.443 e. The molecule has 0 aliphatic rings. The predicted octanol–water partition coefficient (Wildman–Crippen LogP) is 2.82. The summed E-state index contributed by atoms with van der Waals surface area (Å²) in [6.45, 7) is 13.7. The van der Waals surface area contributed by atoms with Crippen LogP contribution >= 0.6 is 0 Å². The molecule has 7 nitrogen and oxygen atoms in total. The molecule has 7 heteroatoms. The van der Waals surface area contributed by atoms with Crippen LogP contribution in [0.3, 0.4) is 0 Å². The molecule has 0 heterocycles. The summed E-state index contributed by atoms with van der Waals surface area (Å²) in [5.41, 5.74) is 0.00332. The molecule has 0 aliphatic heterocycles. The summed E-state index contributed by atoms with van der Waals surface area (Å²) < 4.78 is 10.3. The molecule has 22 heavy (non-hydrogen) atoms. The molecule has 0 radical (unpaired) electrons. The van der Waals surface area contributed by atoms with E-state index < -0.39 is 29.0 Å². The Morgan fingerprint density at radius 1 is 0.955 bits per heavy atom. The first-order valence-electron chi connectivity index (χ1n) is 7.32. The van der Waals surface area contributed by atoms with Crippen LogP contribution in [-0.4, -0.2) is 45.6 Å². The number of nitrogens with one attached hydrogen (secondary N) is 1. The molecule has 0 unspecified atom stereocenters. The summed E-state index contributed by atoms with van der Waals surface area (Å²) >= 11 is 0. The number of hydrogen-bond acceptors (Lipinski definition) is 5. The maximum absolute atomic E-state index is 12.1. The lowest BCUT2D eigenvalue weighted by Gasteiger charge is -2.30. The molecular weight excluding hydrogens is 288 g/mol. The van der Waals surface area contributed by atoms with Crippen molar-refractivity contribution in [3.8, 4) is 0 Å². The van der Waals surface area contributed by atoms with E-state index >= 15 is 0 Å². The molecule has 0 fully saturated rings. The van der Waals surface area contributed by atoms with Gasteiger partial charge in [0.25, 0.3) is 0 Å². The Morgan fingerprint density at radius 3 is 1.77 bits per heavy atom. The Bertz CT molecular complexity index is 388. The molecule has 0 saturated heterocycles. The third-order valence-electron chi connectivity index (χ3n) is 2.19. The molecule has 2 N–H and O–H groups in total. The number of hydrazine groups is 1. The quantitative estimate of drug-likeness (QED) is 0.781. The monoisotopic (exact) mass is 318 g/mol. The van der Waals surface area contributed by atoms with Gasteiger partial charge in [-0.15, -0.1) is 0 Å². The summed E-state index contributed by atoms with van der Waals surface area (Å²) in [4.78, 5) is 23.9. The number of ether oxygens (including phenoxy) is 2. The van der Waals surface area contributed by atoms with Crippen LogP contribution in [0.15, 0.2) is 0 Å². The molecule has 0 atom stereocenters. The highest BCUT2D eigenvalue weighted by molar-refractivity contribution is 5.74. The molecule has 0 rings (SSSR count). The van der Waals surface area contributed by atoms with Gasteiger partial charge < -0.3 is 14.6 Å². The Hall–Kier alpha value is -1.50. The second-order valence-electron chi connectivity index (χ2n) is 7.81. The van der Waals surface area contributed by atoms with Gasteiger partial charge in [0, 0.05) is 6.54 Å². The fraction of sp³-hybridized carbons (Fsp3) is 0.867. The Morgan fingerprint density at radius 2 is 1.41 bits per heavy atom. The van der Waals surface area contributed by atoms with E-state index in [1.807, 2.05) is 0 Å². The van der Waals surface area contributed by atoms with Crippen LogP contribution < -0.4 is 5.43 Å². The van der Waals surface area contributed by atoms with Crippen LogP contribution in [-0.2, 0) is 9.47 Å². The highest BCUT2D eigenvalue weighted by Gasteiger charge is 2.27. The second-order valence-corrected chi connectivity index (χ2v) is 7.81. The first kappa shape index (κ1) is 20.5. The average Bonchev–Trinajstić information content (AvgIpc) is 2.17. The lowest BCUT2D eigenvalue weighted by molar-refractivity contribution is -0.00697. The molecule has 130 valence electrons. The normalized spacial score (nSPS) is 12.6. The summed E-state index contributed by atoms with van der Waals surface area (Å²) in [5.74, 6) is 0. The predicted molar refractivity (Wildman–Crippen MR) is 83.2 cm³/mol. The highest BCUT2D eigenvalue weighted by atomic mass is 16.6. The smallest absolute Gasteiger partial charge is 0.429 e. The van der Waals surface area contributed by atoms with Crippen molar-refractivity contribution >= 4 is 12.2 Å². The van der Waals surface area contributed by atoms with E-state index in [0.717, 1.165) is 5.01 Å². The van der Waals surface area contributed by atoms with Gasteiger partial charge in [-0.25, -0.2) is 20.0 Å². The molecule has 2 amide bonds. The van der Waals surface area contributed by atoms with Crippen molar-refractivity contribution in [2.75, 3.05) is 6.54 Å². The van der Waals surface area contributed by atoms with Gasteiger partial charge in [-0.05, 0) is 61.8 Å². The van der Waals surface area contributed by atoms with Crippen molar-refractivity contribution < 1.29 is 24.2 Å². The molecule has 0 aliphatic carbocycles. The van der Waals surface area contributed by atoms with Gasteiger partial charge in [0.1, 0.15) is 11.2 Å². The Kier molecular flexibility index (Phi) is 6.69. The van der Waals surface area contributed by atoms with Gasteiger partial charge in [-0.1, -0.05) is 0 Å². The van der Waals surface area contributed by atoms with Crippen LogP contribution in [0.4, 0.5) is 9.59 Å². The Balaban J connectivity index is 4.86. The van der Waals surface area contributed by atoms with E-state index in [-0.39, 0.29) is 13.0 Å². The van der Waals surface area contributed by atoms with E-state index in [1.54, 1.807) is 55.4 Å². The summed E-state index contributed by atoms with van der Waals surface area (Å²) in [5, 5.41) is 10.8. The molecule has 0 aromatic heterocycles. The van der Waals surface area contributed by atoms with Gasteiger partial charge >= 0.3 is 12.2 Å². The number of aliphatic hydroxyl groups is 1. The number of rotatable bonds is 3. The number of amides is 2. The number of carbonyl (C=O) groups is 2. The van der Waals surface area contributed by atoms with Crippen molar-refractivity contribution in [3.05, 3.63) is 0 Å². The van der Waals surface area contributed by atoms with E-state index in [9.17, 15) is 14.7 Å². The fourth-order valence-electron chi connectivity index (χ4n) is 1.31. The largest absolute Gasteiger partial charge is 0.443 e. The molecule has 0 aromatic carbocycles. The van der Waals surface area contributed by atoms with E-state index in [4.69, 9.17) is 9.47 Å². The minimum absolute atomic E-state index is 0.0949. The van der Waals surface area contributed by atoms with Crippen molar-refractivity contribution in [1.82, 2.24) is 10.4 Å². The third-order valence-corrected chi connectivity index (χ3v) is 2.19. The van der Waals surface area contributed by atoms with Gasteiger partial charge in [0.05, 0.1) is 5.60 Å². The highest BCUT2D eigenvalue weighted by Crippen LogP contribution is 2.13. The molecule has 0 spiro atoms. The SMILES string of the molecule is CC(C)(O)CCN(NC(=O)OC(C)(C)C)C(=O)OC(C)(C)C. The zero-order valence-electron chi connectivity index (χ0n) is 14.9. The molecule has 0 bridgehead atoms. The van der Waals surface area contributed by atoms with Gasteiger partial charge in [-0.2, -0.15) is 0 Å². The van der Waals surface area contributed by atoms with E-state index in [2.05, 4.69) is 5.43 Å². The van der Waals surface area contributed by atoms with Crippen molar-refractivity contribution in [1.29, 1.82) is 0 Å². The van der Waals surface area contributed by atoms with Gasteiger partial charge in [0.15, 0.2) is 0 Å². The minimum atomic E-state index is -0.976. The number of nitrogens with zero attached hydrogens (tertiary/aromatic N) is 1. The third kappa shape index (κ3) is 11.2. The first-order chi connectivity index (χ1) is 9.59. The Labute approximate surface area is 132 Å². The zero-order valence-corrected chi connectivity index (χ0v) is 14.9. The van der Waals surface area contributed by atoms with Crippen LogP contribution in [0.2, 0.25) is 0 Å². The number of hydrogen-bond donors (Lipinski definition) is 2. The average molecular weight is 318 g/mol. The van der Waals surface area contributed by atoms with Crippen LogP contribution in [0.5, 0.6) is 0 Å². The maximum Gasteiger partial charge on any atom is 0.429 e. The second kappa shape index (κ2) is 7.17. The van der Waals surface area contributed by atoms with Crippen molar-refractivity contribution in [2.45, 2.75) is 78.6 Å². The first-order valence-corrected chi connectivity index (χ1v) is 7.32. The molecule has 0 aromatic rings. The topological polar surface area (TPSA) is 88.1 Å². The van der Waals surface area contributed by atoms with Gasteiger partial charge in [0.2, 0.25) is 0 Å². The van der Waals surface area contributed by atoms with Crippen molar-refractivity contribution in [3.63, 3.8) is 0 Å². The van der Waals surface area contributed by atoms with Crippen molar-refractivity contribution in [2.24, 2.45) is 0 Å². The maximum atomic E-state index is 12.1. The van der Waals surface area contributed by atoms with Crippen LogP contribution in [0.1, 0.15) is 61.8 Å². The van der Waals surface area contributed by atoms with Crippen LogP contribution in [0.25, 0.3) is 0 Å². The van der Waals surface area contributed by atoms with Gasteiger partial charge in [-0.3, -0.25) is 0 Å². The van der Waals surface area contributed by atoms with E-state index in [1.165, 1.54) is 0 Å². The molecular formula is C15H30N2O5. The molecule has 0 saturated carbocycles.